The molecular weight excluding hydrogens is 352 g/mol. The van der Waals surface area contributed by atoms with E-state index in [1.54, 1.807) is 17.9 Å². The van der Waals surface area contributed by atoms with Crippen LogP contribution in [0.25, 0.3) is 0 Å². The second kappa shape index (κ2) is 8.58. The van der Waals surface area contributed by atoms with E-state index >= 15 is 0 Å². The van der Waals surface area contributed by atoms with Gasteiger partial charge in [0.25, 0.3) is 0 Å². The highest BCUT2D eigenvalue weighted by Gasteiger charge is 2.25. The second-order valence-corrected chi connectivity index (χ2v) is 8.28. The van der Waals surface area contributed by atoms with Crippen molar-refractivity contribution >= 4 is 35.2 Å². The highest BCUT2D eigenvalue weighted by molar-refractivity contribution is 7.99. The Morgan fingerprint density at radius 1 is 1.27 bits per heavy atom. The summed E-state index contributed by atoms with van der Waals surface area (Å²) >= 11 is 1.48. The Morgan fingerprint density at radius 2 is 2.00 bits per heavy atom. The summed E-state index contributed by atoms with van der Waals surface area (Å²) in [5.74, 6) is 1.06. The van der Waals surface area contributed by atoms with Crippen molar-refractivity contribution in [2.24, 2.45) is 0 Å². The van der Waals surface area contributed by atoms with Crippen LogP contribution in [0, 0.1) is 0 Å². The number of anilines is 1. The first-order chi connectivity index (χ1) is 12.2. The van der Waals surface area contributed by atoms with Gasteiger partial charge in [-0.15, -0.1) is 0 Å². The molecule has 0 saturated heterocycles. The number of Topliss-reactive ketones (excluding diaryl/α,β-unsaturated/α-hetero) is 1. The SMILES string of the molecule is CC(=O)c1ccc2c(c1)CCN2C(=O)CSCCNC(=O)OC(C)(C)C. The molecule has 0 bridgehead atoms. The number of carbonyl (C=O) groups is 3. The van der Waals surface area contributed by atoms with Gasteiger partial charge in [-0.05, 0) is 57.9 Å². The van der Waals surface area contributed by atoms with Gasteiger partial charge in [-0.25, -0.2) is 4.79 Å². The molecule has 142 valence electrons. The molecule has 0 unspecified atom stereocenters. The number of ketones is 1. The van der Waals surface area contributed by atoms with Crippen LogP contribution in [-0.2, 0) is 16.0 Å². The van der Waals surface area contributed by atoms with Crippen LogP contribution in [0.5, 0.6) is 0 Å². The molecule has 1 heterocycles. The third-order valence-corrected chi connectivity index (χ3v) is 4.77. The number of hydrogen-bond acceptors (Lipinski definition) is 5. The Kier molecular flexibility index (Phi) is 6.69. The van der Waals surface area contributed by atoms with Crippen molar-refractivity contribution in [2.45, 2.75) is 39.7 Å². The molecule has 0 aromatic heterocycles. The standard InChI is InChI=1S/C19H26N2O4S/c1-13(22)14-5-6-16-15(11-14)7-9-21(16)17(23)12-26-10-8-20-18(24)25-19(2,3)4/h5-6,11H,7-10,12H2,1-4H3,(H,20,24). The van der Waals surface area contributed by atoms with Crippen molar-refractivity contribution in [3.63, 3.8) is 0 Å². The molecule has 1 aromatic rings. The molecule has 6 nitrogen and oxygen atoms in total. The van der Waals surface area contributed by atoms with E-state index in [1.165, 1.54) is 11.8 Å². The van der Waals surface area contributed by atoms with Crippen molar-refractivity contribution in [3.05, 3.63) is 29.3 Å². The van der Waals surface area contributed by atoms with Crippen LogP contribution < -0.4 is 10.2 Å². The summed E-state index contributed by atoms with van der Waals surface area (Å²) in [6.07, 6.45) is 0.326. The first kappa shape index (κ1) is 20.3. The van der Waals surface area contributed by atoms with Gasteiger partial charge in [-0.1, -0.05) is 0 Å². The van der Waals surface area contributed by atoms with Gasteiger partial charge in [-0.3, -0.25) is 9.59 Å². The maximum absolute atomic E-state index is 12.4. The zero-order valence-electron chi connectivity index (χ0n) is 15.8. The summed E-state index contributed by atoms with van der Waals surface area (Å²) in [6.45, 7) is 8.08. The molecule has 26 heavy (non-hydrogen) atoms. The van der Waals surface area contributed by atoms with E-state index in [0.29, 0.717) is 30.2 Å². The summed E-state index contributed by atoms with van der Waals surface area (Å²) in [7, 11) is 0. The summed E-state index contributed by atoms with van der Waals surface area (Å²) in [6, 6.07) is 5.50. The van der Waals surface area contributed by atoms with Gasteiger partial charge in [0.05, 0.1) is 5.75 Å². The highest BCUT2D eigenvalue weighted by Crippen LogP contribution is 2.29. The number of thioether (sulfide) groups is 1. The minimum atomic E-state index is -0.515. The number of fused-ring (bicyclic) bond motifs is 1. The molecule has 1 aliphatic heterocycles. The van der Waals surface area contributed by atoms with E-state index in [-0.39, 0.29) is 11.7 Å². The van der Waals surface area contributed by atoms with Gasteiger partial charge in [0.15, 0.2) is 5.78 Å². The molecule has 1 aromatic carbocycles. The van der Waals surface area contributed by atoms with Crippen LogP contribution in [0.1, 0.15) is 43.6 Å². The molecule has 7 heteroatoms. The lowest BCUT2D eigenvalue weighted by Crippen LogP contribution is -2.34. The quantitative estimate of drug-likeness (QED) is 0.608. The largest absolute Gasteiger partial charge is 0.444 e. The minimum Gasteiger partial charge on any atom is -0.444 e. The predicted molar refractivity (Wildman–Crippen MR) is 104 cm³/mol. The lowest BCUT2D eigenvalue weighted by molar-refractivity contribution is -0.116. The summed E-state index contributed by atoms with van der Waals surface area (Å²) in [4.78, 5) is 37.2. The fraction of sp³-hybridized carbons (Fsp3) is 0.526. The number of nitrogens with zero attached hydrogens (tertiary/aromatic N) is 1. The minimum absolute atomic E-state index is 0.0330. The summed E-state index contributed by atoms with van der Waals surface area (Å²) < 4.78 is 5.15. The van der Waals surface area contributed by atoms with Gasteiger partial charge >= 0.3 is 6.09 Å². The monoisotopic (exact) mass is 378 g/mol. The van der Waals surface area contributed by atoms with E-state index in [4.69, 9.17) is 4.74 Å². The number of ether oxygens (including phenoxy) is 1. The van der Waals surface area contributed by atoms with Crippen LogP contribution in [0.15, 0.2) is 18.2 Å². The number of amides is 2. The second-order valence-electron chi connectivity index (χ2n) is 7.18. The molecule has 0 spiro atoms. The normalized spacial score (nSPS) is 13.3. The van der Waals surface area contributed by atoms with Gasteiger partial charge in [0, 0.05) is 30.1 Å². The van der Waals surface area contributed by atoms with Crippen molar-refractivity contribution in [1.82, 2.24) is 5.32 Å². The predicted octanol–water partition coefficient (Wildman–Crippen LogP) is 3.04. The number of hydrogen-bond donors (Lipinski definition) is 1. The van der Waals surface area contributed by atoms with Crippen molar-refractivity contribution < 1.29 is 19.1 Å². The Labute approximate surface area is 158 Å². The number of benzene rings is 1. The van der Waals surface area contributed by atoms with Crippen LogP contribution in [0.3, 0.4) is 0 Å². The lowest BCUT2D eigenvalue weighted by atomic mass is 10.1. The smallest absolute Gasteiger partial charge is 0.407 e. The van der Waals surface area contributed by atoms with Crippen LogP contribution in [0.2, 0.25) is 0 Å². The van der Waals surface area contributed by atoms with E-state index in [0.717, 1.165) is 17.7 Å². The Morgan fingerprint density at radius 3 is 2.65 bits per heavy atom. The highest BCUT2D eigenvalue weighted by atomic mass is 32.2. The van der Waals surface area contributed by atoms with Crippen LogP contribution in [-0.4, -0.2) is 48.0 Å². The zero-order chi connectivity index (χ0) is 19.3. The maximum atomic E-state index is 12.4. The molecular formula is C19H26N2O4S. The molecule has 1 aliphatic rings. The Hall–Kier alpha value is -2.02. The summed E-state index contributed by atoms with van der Waals surface area (Å²) in [5, 5.41) is 2.68. The molecule has 0 radical (unpaired) electrons. The fourth-order valence-electron chi connectivity index (χ4n) is 2.66. The molecule has 1 N–H and O–H groups in total. The molecule has 0 fully saturated rings. The molecule has 2 rings (SSSR count). The molecule has 0 atom stereocenters. The van der Waals surface area contributed by atoms with Crippen molar-refractivity contribution in [1.29, 1.82) is 0 Å². The fourth-order valence-corrected chi connectivity index (χ4v) is 3.38. The van der Waals surface area contributed by atoms with Gasteiger partial charge in [-0.2, -0.15) is 11.8 Å². The maximum Gasteiger partial charge on any atom is 0.407 e. The molecule has 0 aliphatic carbocycles. The number of rotatable bonds is 6. The van der Waals surface area contributed by atoms with Crippen molar-refractivity contribution in [2.75, 3.05) is 29.5 Å². The zero-order valence-corrected chi connectivity index (χ0v) is 16.6. The number of alkyl carbamates (subject to hydrolysis) is 1. The first-order valence-electron chi connectivity index (χ1n) is 8.66. The van der Waals surface area contributed by atoms with E-state index in [9.17, 15) is 14.4 Å². The Bertz CT molecular complexity index is 697. The van der Waals surface area contributed by atoms with Gasteiger partial charge in [0.1, 0.15) is 5.60 Å². The lowest BCUT2D eigenvalue weighted by Gasteiger charge is -2.19. The van der Waals surface area contributed by atoms with E-state index in [2.05, 4.69) is 5.32 Å². The van der Waals surface area contributed by atoms with Crippen molar-refractivity contribution in [3.8, 4) is 0 Å². The topological polar surface area (TPSA) is 75.7 Å². The van der Waals surface area contributed by atoms with Gasteiger partial charge < -0.3 is 15.0 Å². The van der Waals surface area contributed by atoms with Crippen LogP contribution >= 0.6 is 11.8 Å². The number of nitrogens with one attached hydrogen (secondary N) is 1. The first-order valence-corrected chi connectivity index (χ1v) is 9.81. The van der Waals surface area contributed by atoms with Gasteiger partial charge in [0.2, 0.25) is 5.91 Å². The third-order valence-electron chi connectivity index (χ3n) is 3.82. The molecule has 2 amide bonds. The number of carbonyl (C=O) groups excluding carboxylic acids is 3. The average molecular weight is 378 g/mol. The molecule has 0 saturated carbocycles. The third kappa shape index (κ3) is 5.76. The van der Waals surface area contributed by atoms with Crippen LogP contribution in [0.4, 0.5) is 10.5 Å². The van der Waals surface area contributed by atoms with E-state index < -0.39 is 11.7 Å². The van der Waals surface area contributed by atoms with E-state index in [1.807, 2.05) is 32.9 Å². The summed E-state index contributed by atoms with van der Waals surface area (Å²) in [5.41, 5.74) is 2.11. The Balaban J connectivity index is 1.75. The average Bonchev–Trinajstić information content (AvgIpc) is 2.95.